The van der Waals surface area contributed by atoms with Gasteiger partial charge < -0.3 is 18.9 Å². The van der Waals surface area contributed by atoms with Crippen molar-refractivity contribution in [3.05, 3.63) is 52.0 Å². The maximum Gasteiger partial charge on any atom is 0.231 e. The summed E-state index contributed by atoms with van der Waals surface area (Å²) < 4.78 is 24.8. The second-order valence-electron chi connectivity index (χ2n) is 8.94. The van der Waals surface area contributed by atoms with E-state index in [1.54, 1.807) is 0 Å². The molecule has 4 aliphatic heterocycles. The molecule has 0 bridgehead atoms. The van der Waals surface area contributed by atoms with Gasteiger partial charge in [0.2, 0.25) is 12.5 Å². The number of rotatable bonds is 1. The molecule has 2 aromatic carbocycles. The fraction of sp³-hybridized carbons (Fsp3) is 0.435. The van der Waals surface area contributed by atoms with E-state index in [0.717, 1.165) is 52.3 Å². The second-order valence-corrected chi connectivity index (χ2v) is 9.86. The van der Waals surface area contributed by atoms with Crippen LogP contribution in [0.3, 0.4) is 0 Å². The second kappa shape index (κ2) is 6.37. The minimum atomic E-state index is -0.509. The van der Waals surface area contributed by atoms with Gasteiger partial charge >= 0.3 is 0 Å². The zero-order valence-electron chi connectivity index (χ0n) is 17.0. The van der Waals surface area contributed by atoms with Gasteiger partial charge in [-0.05, 0) is 50.2 Å². The van der Waals surface area contributed by atoms with Crippen LogP contribution in [-0.2, 0) is 4.74 Å². The first-order chi connectivity index (χ1) is 14.4. The third-order valence-electron chi connectivity index (χ3n) is 6.35. The zero-order valence-corrected chi connectivity index (χ0v) is 18.6. The first-order valence-corrected chi connectivity index (χ1v) is 11.1. The molecule has 4 heterocycles. The first-order valence-electron chi connectivity index (χ1n) is 10.3. The predicted molar refractivity (Wildman–Crippen MR) is 115 cm³/mol. The van der Waals surface area contributed by atoms with Crippen molar-refractivity contribution in [2.75, 3.05) is 13.4 Å². The van der Waals surface area contributed by atoms with E-state index in [1.807, 2.05) is 18.2 Å². The Balaban J connectivity index is 1.45. The summed E-state index contributed by atoms with van der Waals surface area (Å²) in [6.07, 6.45) is 2.35. The van der Waals surface area contributed by atoms with E-state index in [1.165, 1.54) is 5.56 Å². The van der Waals surface area contributed by atoms with Crippen LogP contribution in [0.15, 0.2) is 46.0 Å². The Hall–Kier alpha value is -2.25. The zero-order chi connectivity index (χ0) is 20.5. The van der Waals surface area contributed by atoms with Crippen LogP contribution in [0.2, 0.25) is 0 Å². The molecule has 6 rings (SSSR count). The molecule has 0 N–H and O–H groups in total. The van der Waals surface area contributed by atoms with Crippen LogP contribution in [0.5, 0.6) is 17.2 Å². The van der Waals surface area contributed by atoms with Crippen LogP contribution in [0, 0.1) is 0 Å². The Morgan fingerprint density at radius 2 is 1.90 bits per heavy atom. The lowest BCUT2D eigenvalue weighted by Crippen LogP contribution is -2.60. The molecular weight excluding hydrogens is 448 g/mol. The highest BCUT2D eigenvalue weighted by atomic mass is 79.9. The van der Waals surface area contributed by atoms with Crippen molar-refractivity contribution < 1.29 is 18.9 Å². The van der Waals surface area contributed by atoms with Crippen molar-refractivity contribution in [1.29, 1.82) is 0 Å². The first kappa shape index (κ1) is 18.5. The fourth-order valence-corrected chi connectivity index (χ4v) is 5.46. The van der Waals surface area contributed by atoms with Gasteiger partial charge in [-0.15, -0.1) is 0 Å². The van der Waals surface area contributed by atoms with Crippen LogP contribution in [0.4, 0.5) is 0 Å². The molecule has 7 heteroatoms. The van der Waals surface area contributed by atoms with E-state index in [2.05, 4.69) is 53.0 Å². The van der Waals surface area contributed by atoms with Gasteiger partial charge in [0.1, 0.15) is 5.75 Å². The van der Waals surface area contributed by atoms with Gasteiger partial charge in [0.05, 0.1) is 24.0 Å². The Labute approximate surface area is 183 Å². The highest BCUT2D eigenvalue weighted by molar-refractivity contribution is 9.10. The molecule has 0 aliphatic carbocycles. The molecule has 1 saturated heterocycles. The van der Waals surface area contributed by atoms with Crippen LogP contribution in [-0.4, -0.2) is 35.4 Å². The molecule has 6 nitrogen and oxygen atoms in total. The van der Waals surface area contributed by atoms with E-state index in [-0.39, 0.29) is 18.4 Å². The summed E-state index contributed by atoms with van der Waals surface area (Å²) >= 11 is 3.62. The van der Waals surface area contributed by atoms with Crippen molar-refractivity contribution in [3.8, 4) is 17.2 Å². The standard InChI is InChI=1S/C23H23BrN2O4/c1-22(2)12-23(7-8-29-22)26-18(16-10-15(24)4-6-19(16)30-23)11-17(25-26)14-3-5-20-21(9-14)28-13-27-20/h3-6,9-10,18H,7-8,11-13H2,1-2H3/t18-,23-/m0/s1. The van der Waals surface area contributed by atoms with Crippen LogP contribution in [0.1, 0.15) is 50.3 Å². The third kappa shape index (κ3) is 2.82. The molecule has 0 saturated carbocycles. The number of hydrogen-bond donors (Lipinski definition) is 0. The predicted octanol–water partition coefficient (Wildman–Crippen LogP) is 5.01. The van der Waals surface area contributed by atoms with Gasteiger partial charge in [0, 0.05) is 34.9 Å². The largest absolute Gasteiger partial charge is 0.466 e. The molecular formula is C23H23BrN2O4. The summed E-state index contributed by atoms with van der Waals surface area (Å²) in [4.78, 5) is 0. The number of halogens is 1. The van der Waals surface area contributed by atoms with Crippen LogP contribution >= 0.6 is 15.9 Å². The lowest BCUT2D eigenvalue weighted by atomic mass is 9.86. The van der Waals surface area contributed by atoms with Crippen molar-refractivity contribution in [1.82, 2.24) is 5.01 Å². The average molecular weight is 471 g/mol. The summed E-state index contributed by atoms with van der Waals surface area (Å²) in [6.45, 7) is 5.17. The number of hydrogen-bond acceptors (Lipinski definition) is 6. The molecule has 30 heavy (non-hydrogen) atoms. The molecule has 0 aromatic heterocycles. The van der Waals surface area contributed by atoms with Crippen LogP contribution in [0.25, 0.3) is 0 Å². The third-order valence-corrected chi connectivity index (χ3v) is 6.85. The Morgan fingerprint density at radius 1 is 1.07 bits per heavy atom. The summed E-state index contributed by atoms with van der Waals surface area (Å²) in [5, 5.41) is 7.33. The van der Waals surface area contributed by atoms with Gasteiger partial charge in [0.25, 0.3) is 0 Å². The molecule has 2 aromatic rings. The maximum absolute atomic E-state index is 6.70. The van der Waals surface area contributed by atoms with Gasteiger partial charge in [0.15, 0.2) is 11.5 Å². The molecule has 156 valence electrons. The maximum atomic E-state index is 6.70. The van der Waals surface area contributed by atoms with Crippen molar-refractivity contribution in [3.63, 3.8) is 0 Å². The molecule has 0 amide bonds. The Kier molecular flexibility index (Phi) is 3.93. The highest BCUT2D eigenvalue weighted by Crippen LogP contribution is 2.52. The lowest BCUT2D eigenvalue weighted by molar-refractivity contribution is -0.212. The van der Waals surface area contributed by atoms with Crippen molar-refractivity contribution >= 4 is 21.6 Å². The van der Waals surface area contributed by atoms with E-state index in [9.17, 15) is 0 Å². The molecule has 1 fully saturated rings. The van der Waals surface area contributed by atoms with E-state index < -0.39 is 5.72 Å². The SMILES string of the molecule is CC1(C)C[C@]2(CCO1)Oc1ccc(Br)cc1[C@@H]1CC(c3ccc4c(c3)OCO4)=NN12. The van der Waals surface area contributed by atoms with Gasteiger partial charge in [-0.25, -0.2) is 5.01 Å². The van der Waals surface area contributed by atoms with E-state index in [4.69, 9.17) is 24.0 Å². The number of nitrogens with zero attached hydrogens (tertiary/aromatic N) is 2. The monoisotopic (exact) mass is 470 g/mol. The minimum absolute atomic E-state index is 0.126. The number of fused-ring (bicyclic) bond motifs is 5. The lowest BCUT2D eigenvalue weighted by Gasteiger charge is -2.52. The van der Waals surface area contributed by atoms with Gasteiger partial charge in [-0.1, -0.05) is 15.9 Å². The molecule has 1 spiro atoms. The van der Waals surface area contributed by atoms with Gasteiger partial charge in [-0.2, -0.15) is 5.10 Å². The smallest absolute Gasteiger partial charge is 0.231 e. The van der Waals surface area contributed by atoms with Crippen molar-refractivity contribution in [2.24, 2.45) is 5.10 Å². The summed E-state index contributed by atoms with van der Waals surface area (Å²) in [6, 6.07) is 12.5. The summed E-state index contributed by atoms with van der Waals surface area (Å²) in [5.74, 6) is 2.51. The molecule has 2 atom stereocenters. The number of hydrazone groups is 1. The quantitative estimate of drug-likeness (QED) is 0.586. The number of ether oxygens (including phenoxy) is 4. The molecule has 4 aliphatic rings. The molecule has 0 radical (unpaired) electrons. The molecule has 0 unspecified atom stereocenters. The van der Waals surface area contributed by atoms with E-state index in [0.29, 0.717) is 6.61 Å². The summed E-state index contributed by atoms with van der Waals surface area (Å²) in [7, 11) is 0. The van der Waals surface area contributed by atoms with E-state index >= 15 is 0 Å². The summed E-state index contributed by atoms with van der Waals surface area (Å²) in [5.41, 5.74) is 2.49. The van der Waals surface area contributed by atoms with Gasteiger partial charge in [-0.3, -0.25) is 0 Å². The average Bonchev–Trinajstić information content (AvgIpc) is 3.35. The highest BCUT2D eigenvalue weighted by Gasteiger charge is 2.54. The minimum Gasteiger partial charge on any atom is -0.466 e. The van der Waals surface area contributed by atoms with Crippen molar-refractivity contribution in [2.45, 2.75) is 50.5 Å². The number of benzene rings is 2. The fourth-order valence-electron chi connectivity index (χ4n) is 5.08. The normalized spacial score (nSPS) is 28.0. The topological polar surface area (TPSA) is 52.5 Å². The van der Waals surface area contributed by atoms with Crippen LogP contribution < -0.4 is 14.2 Å². The Morgan fingerprint density at radius 3 is 2.77 bits per heavy atom. The Bertz CT molecular complexity index is 1070.